The number of aliphatic hydroxyl groups is 1. The molecule has 0 spiro atoms. The van der Waals surface area contributed by atoms with Crippen molar-refractivity contribution in [2.75, 3.05) is 29.9 Å². The molecule has 4 rings (SSSR count). The van der Waals surface area contributed by atoms with Gasteiger partial charge in [0.05, 0.1) is 16.3 Å². The van der Waals surface area contributed by atoms with Crippen LogP contribution in [0.25, 0.3) is 10.2 Å². The van der Waals surface area contributed by atoms with Gasteiger partial charge in [-0.1, -0.05) is 11.3 Å². The molecule has 3 aromatic rings. The van der Waals surface area contributed by atoms with Crippen LogP contribution in [-0.4, -0.2) is 57.8 Å². The Morgan fingerprint density at radius 1 is 1.35 bits per heavy atom. The first kappa shape index (κ1) is 21.4. The van der Waals surface area contributed by atoms with Gasteiger partial charge in [0.2, 0.25) is 0 Å². The third-order valence-corrected chi connectivity index (χ3v) is 6.09. The summed E-state index contributed by atoms with van der Waals surface area (Å²) in [5.41, 5.74) is 1.26. The zero-order chi connectivity index (χ0) is 22.1. The Bertz CT molecular complexity index is 1110. The van der Waals surface area contributed by atoms with Crippen LogP contribution in [0.1, 0.15) is 19.4 Å². The highest BCUT2D eigenvalue weighted by molar-refractivity contribution is 7.22. The molecule has 0 saturated carbocycles. The van der Waals surface area contributed by atoms with E-state index in [2.05, 4.69) is 15.3 Å². The fraction of sp³-hybridized carbons (Fsp3) is 0.381. The van der Waals surface area contributed by atoms with Gasteiger partial charge in [0.15, 0.2) is 16.8 Å². The summed E-state index contributed by atoms with van der Waals surface area (Å²) < 4.78 is 28.6. The highest BCUT2D eigenvalue weighted by atomic mass is 32.1. The van der Waals surface area contributed by atoms with E-state index in [4.69, 9.17) is 0 Å². The van der Waals surface area contributed by atoms with Crippen molar-refractivity contribution in [1.82, 2.24) is 14.9 Å². The van der Waals surface area contributed by atoms with Crippen LogP contribution < -0.4 is 10.2 Å². The van der Waals surface area contributed by atoms with E-state index < -0.39 is 11.9 Å². The Kier molecular flexibility index (Phi) is 6.01. The van der Waals surface area contributed by atoms with Crippen molar-refractivity contribution in [2.45, 2.75) is 32.4 Å². The van der Waals surface area contributed by atoms with E-state index in [9.17, 15) is 18.7 Å². The summed E-state index contributed by atoms with van der Waals surface area (Å²) in [6.45, 7) is 4.77. The lowest BCUT2D eigenvalue weighted by Gasteiger charge is -2.40. The number of carbonyl (C=O) groups is 1. The van der Waals surface area contributed by atoms with Gasteiger partial charge in [0.1, 0.15) is 5.82 Å². The van der Waals surface area contributed by atoms with Gasteiger partial charge in [-0.2, -0.15) is 0 Å². The van der Waals surface area contributed by atoms with E-state index in [1.807, 2.05) is 11.8 Å². The number of hydrogen-bond acceptors (Lipinski definition) is 6. The maximum Gasteiger partial charge on any atom is 0.323 e. The molecule has 1 aliphatic heterocycles. The molecule has 2 amide bonds. The zero-order valence-corrected chi connectivity index (χ0v) is 18.0. The lowest BCUT2D eigenvalue weighted by molar-refractivity contribution is 0.195. The Morgan fingerprint density at radius 3 is 2.87 bits per heavy atom. The summed E-state index contributed by atoms with van der Waals surface area (Å²) in [4.78, 5) is 24.7. The highest BCUT2D eigenvalue weighted by Gasteiger charge is 2.29. The second-order valence-electron chi connectivity index (χ2n) is 7.75. The average Bonchev–Trinajstić information content (AvgIpc) is 3.09. The molecule has 2 N–H and O–H groups in total. The van der Waals surface area contributed by atoms with Crippen molar-refractivity contribution in [2.24, 2.45) is 0 Å². The first-order chi connectivity index (χ1) is 14.8. The molecule has 2 atom stereocenters. The predicted octanol–water partition coefficient (Wildman–Crippen LogP) is 3.64. The van der Waals surface area contributed by atoms with Crippen LogP contribution in [0.5, 0.6) is 0 Å². The number of aromatic nitrogens is 2. The summed E-state index contributed by atoms with van der Waals surface area (Å²) in [5, 5.41) is 12.7. The monoisotopic (exact) mass is 447 g/mol. The van der Waals surface area contributed by atoms with Crippen LogP contribution >= 0.6 is 11.3 Å². The normalized spacial score (nSPS) is 17.8. The predicted molar refractivity (Wildman–Crippen MR) is 117 cm³/mol. The minimum Gasteiger partial charge on any atom is -0.393 e. The van der Waals surface area contributed by atoms with Crippen molar-refractivity contribution >= 4 is 38.5 Å². The van der Waals surface area contributed by atoms with E-state index in [0.29, 0.717) is 47.0 Å². The van der Waals surface area contributed by atoms with Crippen molar-refractivity contribution in [3.63, 3.8) is 0 Å². The summed E-state index contributed by atoms with van der Waals surface area (Å²) in [7, 11) is 0. The number of thiazole rings is 1. The van der Waals surface area contributed by atoms with Crippen molar-refractivity contribution in [1.29, 1.82) is 0 Å². The number of pyridine rings is 1. The number of aliphatic hydroxyl groups excluding tert-OH is 1. The molecule has 10 heteroatoms. The number of fused-ring (bicyclic) bond motifs is 1. The van der Waals surface area contributed by atoms with Gasteiger partial charge in [-0.05, 0) is 50.1 Å². The number of amides is 2. The Labute approximate surface area is 182 Å². The van der Waals surface area contributed by atoms with Gasteiger partial charge in [-0.25, -0.2) is 23.5 Å². The number of nitrogens with one attached hydrogen (secondary N) is 1. The van der Waals surface area contributed by atoms with Crippen LogP contribution in [0.2, 0.25) is 0 Å². The number of piperazine rings is 1. The molecule has 3 heterocycles. The second-order valence-corrected chi connectivity index (χ2v) is 8.78. The molecule has 1 aliphatic rings. The Morgan fingerprint density at radius 2 is 2.16 bits per heavy atom. The van der Waals surface area contributed by atoms with Crippen LogP contribution in [0.15, 0.2) is 30.5 Å². The number of rotatable bonds is 4. The summed E-state index contributed by atoms with van der Waals surface area (Å²) in [5.74, 6) is -0.543. The topological polar surface area (TPSA) is 81.6 Å². The largest absolute Gasteiger partial charge is 0.393 e. The Balaban J connectivity index is 1.40. The van der Waals surface area contributed by atoms with Crippen molar-refractivity contribution < 1.29 is 18.7 Å². The van der Waals surface area contributed by atoms with Gasteiger partial charge < -0.3 is 14.9 Å². The molecule has 164 valence electrons. The SMILES string of the molecule is CC(O)Cc1cnc(N2CCN(C(=O)Nc3nc4ccc(F)cc4s3)CC2C)c(F)c1. The molecule has 31 heavy (non-hydrogen) atoms. The average molecular weight is 448 g/mol. The minimum absolute atomic E-state index is 0.145. The number of carbonyl (C=O) groups excluding carboxylic acids is 1. The zero-order valence-electron chi connectivity index (χ0n) is 17.2. The molecule has 1 fully saturated rings. The van der Waals surface area contributed by atoms with Gasteiger partial charge in [0, 0.05) is 31.9 Å². The van der Waals surface area contributed by atoms with Gasteiger partial charge in [-0.15, -0.1) is 0 Å². The first-order valence-corrected chi connectivity index (χ1v) is 10.8. The quantitative estimate of drug-likeness (QED) is 0.638. The number of halogens is 2. The number of hydrogen-bond donors (Lipinski definition) is 2. The van der Waals surface area contributed by atoms with E-state index in [1.54, 1.807) is 24.1 Å². The van der Waals surface area contributed by atoms with Crippen molar-refractivity contribution in [3.8, 4) is 0 Å². The lowest BCUT2D eigenvalue weighted by atomic mass is 10.1. The van der Waals surface area contributed by atoms with Crippen LogP contribution in [0, 0.1) is 11.6 Å². The van der Waals surface area contributed by atoms with E-state index in [1.165, 1.54) is 29.5 Å². The lowest BCUT2D eigenvalue weighted by Crippen LogP contribution is -2.55. The van der Waals surface area contributed by atoms with Crippen LogP contribution in [0.4, 0.5) is 24.5 Å². The third-order valence-electron chi connectivity index (χ3n) is 5.16. The summed E-state index contributed by atoms with van der Waals surface area (Å²) >= 11 is 1.21. The molecular formula is C21H23F2N5O2S. The number of benzene rings is 1. The van der Waals surface area contributed by atoms with E-state index in [0.717, 1.165) is 0 Å². The van der Waals surface area contributed by atoms with Crippen LogP contribution in [-0.2, 0) is 6.42 Å². The molecule has 7 nitrogen and oxygen atoms in total. The number of nitrogens with zero attached hydrogens (tertiary/aromatic N) is 4. The van der Waals surface area contributed by atoms with E-state index >= 15 is 0 Å². The molecule has 2 unspecified atom stereocenters. The number of anilines is 2. The maximum atomic E-state index is 14.6. The number of urea groups is 1. The molecule has 1 saturated heterocycles. The molecule has 0 radical (unpaired) electrons. The Hall–Kier alpha value is -2.85. The standard InChI is InChI=1S/C21H23F2N5O2S/c1-12-11-27(21(30)26-20-25-17-4-3-15(22)9-18(17)31-20)5-6-28(12)19-16(23)8-14(10-24-19)7-13(2)29/h3-4,8-10,12-13,29H,5-7,11H2,1-2H3,(H,25,26,30). The van der Waals surface area contributed by atoms with Gasteiger partial charge in [0.25, 0.3) is 0 Å². The van der Waals surface area contributed by atoms with Crippen molar-refractivity contribution in [3.05, 3.63) is 47.7 Å². The fourth-order valence-corrected chi connectivity index (χ4v) is 4.59. The second kappa shape index (κ2) is 8.72. The summed E-state index contributed by atoms with van der Waals surface area (Å²) in [6.07, 6.45) is 1.35. The minimum atomic E-state index is -0.567. The molecular weight excluding hydrogens is 424 g/mol. The summed E-state index contributed by atoms with van der Waals surface area (Å²) in [6, 6.07) is 5.25. The molecule has 0 aliphatic carbocycles. The van der Waals surface area contributed by atoms with Gasteiger partial charge >= 0.3 is 6.03 Å². The van der Waals surface area contributed by atoms with E-state index in [-0.39, 0.29) is 23.7 Å². The molecule has 2 aromatic heterocycles. The third kappa shape index (κ3) is 4.75. The van der Waals surface area contributed by atoms with Crippen LogP contribution in [0.3, 0.4) is 0 Å². The smallest absolute Gasteiger partial charge is 0.323 e. The fourth-order valence-electron chi connectivity index (χ4n) is 3.71. The molecule has 0 bridgehead atoms. The molecule has 1 aromatic carbocycles. The van der Waals surface area contributed by atoms with Gasteiger partial charge in [-0.3, -0.25) is 5.32 Å². The highest BCUT2D eigenvalue weighted by Crippen LogP contribution is 2.27. The first-order valence-electron chi connectivity index (χ1n) is 10.0. The maximum absolute atomic E-state index is 14.6.